The standard InChI is InChI=1S/C13H23NO3/c15-13(3-7-17-8-4-13)11-14-9-12(10-14)1-5-16-6-2-12/h15H,1-11H2. The van der Waals surface area contributed by atoms with Gasteiger partial charge < -0.3 is 14.6 Å². The minimum atomic E-state index is -0.495. The molecule has 0 atom stereocenters. The predicted octanol–water partition coefficient (Wildman–Crippen LogP) is 0.640. The van der Waals surface area contributed by atoms with Crippen LogP contribution in [0.1, 0.15) is 25.7 Å². The Hall–Kier alpha value is -0.160. The molecular weight excluding hydrogens is 218 g/mol. The predicted molar refractivity (Wildman–Crippen MR) is 63.9 cm³/mol. The lowest BCUT2D eigenvalue weighted by Gasteiger charge is -2.54. The highest BCUT2D eigenvalue weighted by molar-refractivity contribution is 4.99. The second kappa shape index (κ2) is 4.50. The van der Waals surface area contributed by atoms with E-state index in [0.717, 1.165) is 45.7 Å². The first-order valence-corrected chi connectivity index (χ1v) is 6.80. The molecule has 3 aliphatic rings. The van der Waals surface area contributed by atoms with E-state index in [0.29, 0.717) is 18.6 Å². The fourth-order valence-corrected chi connectivity index (χ4v) is 3.46. The number of rotatable bonds is 2. The van der Waals surface area contributed by atoms with Gasteiger partial charge >= 0.3 is 0 Å². The molecule has 4 nitrogen and oxygen atoms in total. The Kier molecular flexibility index (Phi) is 3.15. The Balaban J connectivity index is 1.48. The highest BCUT2D eigenvalue weighted by Gasteiger charge is 2.46. The molecule has 0 aliphatic carbocycles. The SMILES string of the molecule is OC1(CN2CC3(CCOCC3)C2)CCOCC1. The maximum atomic E-state index is 10.4. The summed E-state index contributed by atoms with van der Waals surface area (Å²) in [7, 11) is 0. The summed E-state index contributed by atoms with van der Waals surface area (Å²) in [6, 6.07) is 0. The summed E-state index contributed by atoms with van der Waals surface area (Å²) >= 11 is 0. The molecule has 0 saturated carbocycles. The van der Waals surface area contributed by atoms with Crippen molar-refractivity contribution in [3.05, 3.63) is 0 Å². The molecule has 0 radical (unpaired) electrons. The van der Waals surface area contributed by atoms with Gasteiger partial charge in [0.15, 0.2) is 0 Å². The molecule has 1 N–H and O–H groups in total. The van der Waals surface area contributed by atoms with E-state index in [1.54, 1.807) is 0 Å². The normalized spacial score (nSPS) is 32.3. The molecule has 0 bridgehead atoms. The van der Waals surface area contributed by atoms with Gasteiger partial charge in [-0.05, 0) is 12.8 Å². The Morgan fingerprint density at radius 3 is 2.00 bits per heavy atom. The van der Waals surface area contributed by atoms with E-state index in [1.165, 1.54) is 12.8 Å². The van der Waals surface area contributed by atoms with Gasteiger partial charge in [-0.15, -0.1) is 0 Å². The van der Waals surface area contributed by atoms with Gasteiger partial charge in [0.25, 0.3) is 0 Å². The van der Waals surface area contributed by atoms with Crippen molar-refractivity contribution >= 4 is 0 Å². The molecule has 0 unspecified atom stereocenters. The summed E-state index contributed by atoms with van der Waals surface area (Å²) in [6.45, 7) is 6.41. The third kappa shape index (κ3) is 2.50. The van der Waals surface area contributed by atoms with Crippen molar-refractivity contribution in [2.75, 3.05) is 46.1 Å². The van der Waals surface area contributed by atoms with Crippen molar-refractivity contribution in [3.8, 4) is 0 Å². The van der Waals surface area contributed by atoms with E-state index in [4.69, 9.17) is 9.47 Å². The molecule has 4 heteroatoms. The molecule has 3 fully saturated rings. The molecule has 17 heavy (non-hydrogen) atoms. The zero-order valence-corrected chi connectivity index (χ0v) is 10.5. The molecule has 0 aromatic rings. The van der Waals surface area contributed by atoms with Crippen LogP contribution in [0.2, 0.25) is 0 Å². The first-order chi connectivity index (χ1) is 8.20. The van der Waals surface area contributed by atoms with Gasteiger partial charge in [-0.3, -0.25) is 4.90 Å². The lowest BCUT2D eigenvalue weighted by atomic mass is 9.72. The van der Waals surface area contributed by atoms with Gasteiger partial charge in [0, 0.05) is 64.3 Å². The maximum absolute atomic E-state index is 10.4. The minimum absolute atomic E-state index is 0.495. The monoisotopic (exact) mass is 241 g/mol. The second-order valence-corrected chi connectivity index (χ2v) is 6.09. The van der Waals surface area contributed by atoms with E-state index in [2.05, 4.69) is 4.90 Å². The van der Waals surface area contributed by atoms with E-state index in [1.807, 2.05) is 0 Å². The summed E-state index contributed by atoms with van der Waals surface area (Å²) in [6.07, 6.45) is 3.98. The topological polar surface area (TPSA) is 41.9 Å². The van der Waals surface area contributed by atoms with E-state index < -0.39 is 5.60 Å². The van der Waals surface area contributed by atoms with Gasteiger partial charge in [-0.2, -0.15) is 0 Å². The average Bonchev–Trinajstić information content (AvgIpc) is 2.29. The summed E-state index contributed by atoms with van der Waals surface area (Å²) in [5.41, 5.74) is 0.0187. The third-order valence-electron chi connectivity index (χ3n) is 4.61. The number of hydrogen-bond donors (Lipinski definition) is 1. The number of nitrogens with zero attached hydrogens (tertiary/aromatic N) is 1. The van der Waals surface area contributed by atoms with Crippen molar-refractivity contribution in [3.63, 3.8) is 0 Å². The molecule has 0 amide bonds. The molecule has 3 saturated heterocycles. The van der Waals surface area contributed by atoms with Crippen molar-refractivity contribution < 1.29 is 14.6 Å². The summed E-state index contributed by atoms with van der Waals surface area (Å²) in [4.78, 5) is 2.41. The fourth-order valence-electron chi connectivity index (χ4n) is 3.46. The van der Waals surface area contributed by atoms with E-state index in [9.17, 15) is 5.11 Å². The highest BCUT2D eigenvalue weighted by atomic mass is 16.5. The van der Waals surface area contributed by atoms with Crippen molar-refractivity contribution in [2.24, 2.45) is 5.41 Å². The van der Waals surface area contributed by atoms with Gasteiger partial charge in [0.2, 0.25) is 0 Å². The van der Waals surface area contributed by atoms with Crippen LogP contribution in [-0.4, -0.2) is 61.7 Å². The molecule has 3 rings (SSSR count). The van der Waals surface area contributed by atoms with E-state index >= 15 is 0 Å². The number of ether oxygens (including phenoxy) is 2. The summed E-state index contributed by atoms with van der Waals surface area (Å²) in [5, 5.41) is 10.4. The van der Waals surface area contributed by atoms with Crippen molar-refractivity contribution in [1.82, 2.24) is 4.90 Å². The highest BCUT2D eigenvalue weighted by Crippen LogP contribution is 2.40. The number of β-amino-alcohol motifs (C(OH)–C–C–N with tert-alkyl or cyclic N) is 1. The van der Waals surface area contributed by atoms with Gasteiger partial charge in [-0.25, -0.2) is 0 Å². The van der Waals surface area contributed by atoms with Crippen molar-refractivity contribution in [1.29, 1.82) is 0 Å². The molecule has 3 aliphatic heterocycles. The molecule has 1 spiro atoms. The largest absolute Gasteiger partial charge is 0.388 e. The van der Waals surface area contributed by atoms with Crippen LogP contribution in [0.4, 0.5) is 0 Å². The Morgan fingerprint density at radius 1 is 0.882 bits per heavy atom. The van der Waals surface area contributed by atoms with Crippen LogP contribution in [0.3, 0.4) is 0 Å². The smallest absolute Gasteiger partial charge is 0.0817 e. The number of hydrogen-bond acceptors (Lipinski definition) is 4. The number of aliphatic hydroxyl groups is 1. The molecular formula is C13H23NO3. The maximum Gasteiger partial charge on any atom is 0.0817 e. The average molecular weight is 241 g/mol. The van der Waals surface area contributed by atoms with Crippen LogP contribution < -0.4 is 0 Å². The summed E-state index contributed by atoms with van der Waals surface area (Å²) < 4.78 is 10.7. The van der Waals surface area contributed by atoms with E-state index in [-0.39, 0.29) is 0 Å². The van der Waals surface area contributed by atoms with Crippen LogP contribution in [0.15, 0.2) is 0 Å². The molecule has 0 aromatic carbocycles. The van der Waals surface area contributed by atoms with Gasteiger partial charge in [0.1, 0.15) is 0 Å². The minimum Gasteiger partial charge on any atom is -0.388 e. The lowest BCUT2D eigenvalue weighted by molar-refractivity contribution is -0.131. The summed E-state index contributed by atoms with van der Waals surface area (Å²) in [5.74, 6) is 0. The number of likely N-dealkylation sites (tertiary alicyclic amines) is 1. The van der Waals surface area contributed by atoms with Gasteiger partial charge in [0.05, 0.1) is 5.60 Å². The molecule has 98 valence electrons. The molecule has 0 aromatic heterocycles. The van der Waals surface area contributed by atoms with Crippen LogP contribution in [0.5, 0.6) is 0 Å². The van der Waals surface area contributed by atoms with Crippen LogP contribution in [0.25, 0.3) is 0 Å². The zero-order chi connectivity index (χ0) is 11.8. The Morgan fingerprint density at radius 2 is 1.41 bits per heavy atom. The second-order valence-electron chi connectivity index (χ2n) is 6.09. The Labute approximate surface area is 103 Å². The lowest BCUT2D eigenvalue weighted by Crippen LogP contribution is -2.62. The van der Waals surface area contributed by atoms with Crippen LogP contribution in [-0.2, 0) is 9.47 Å². The third-order valence-corrected chi connectivity index (χ3v) is 4.61. The van der Waals surface area contributed by atoms with Crippen LogP contribution in [0, 0.1) is 5.41 Å². The first kappa shape index (κ1) is 11.9. The first-order valence-electron chi connectivity index (χ1n) is 6.80. The quantitative estimate of drug-likeness (QED) is 0.770. The van der Waals surface area contributed by atoms with Crippen molar-refractivity contribution in [2.45, 2.75) is 31.3 Å². The van der Waals surface area contributed by atoms with Gasteiger partial charge in [-0.1, -0.05) is 0 Å². The Bertz CT molecular complexity index is 262. The molecule has 3 heterocycles. The fraction of sp³-hybridized carbons (Fsp3) is 1.00. The van der Waals surface area contributed by atoms with Crippen LogP contribution >= 0.6 is 0 Å². The zero-order valence-electron chi connectivity index (χ0n) is 10.5.